The van der Waals surface area contributed by atoms with E-state index >= 15 is 0 Å². The molecule has 0 amide bonds. The molecule has 1 aromatic heterocycles. The molecule has 5 heteroatoms. The molecule has 0 fully saturated rings. The van der Waals surface area contributed by atoms with Gasteiger partial charge in [0.15, 0.2) is 0 Å². The molecule has 1 aromatic carbocycles. The second kappa shape index (κ2) is 6.70. The minimum Gasteiger partial charge on any atom is -0.380 e. The number of aromatic nitrogens is 2. The minimum absolute atomic E-state index is 0.599. The summed E-state index contributed by atoms with van der Waals surface area (Å²) >= 11 is 0. The van der Waals surface area contributed by atoms with Gasteiger partial charge >= 0.3 is 0 Å². The number of nitrogens with one attached hydrogen (secondary N) is 2. The van der Waals surface area contributed by atoms with Gasteiger partial charge in [-0.1, -0.05) is 12.1 Å². The van der Waals surface area contributed by atoms with Crippen LogP contribution >= 0.6 is 0 Å². The van der Waals surface area contributed by atoms with Gasteiger partial charge in [-0.2, -0.15) is 4.98 Å². The molecule has 0 bridgehead atoms. The van der Waals surface area contributed by atoms with Crippen molar-refractivity contribution in [2.24, 2.45) is 0 Å². The van der Waals surface area contributed by atoms with Crippen LogP contribution in [0.25, 0.3) is 0 Å². The quantitative estimate of drug-likeness (QED) is 0.834. The fraction of sp³-hybridized carbons (Fsp3) is 0.286. The highest BCUT2D eigenvalue weighted by atomic mass is 16.5. The average Bonchev–Trinajstić information content (AvgIpc) is 2.40. The van der Waals surface area contributed by atoms with Crippen molar-refractivity contribution in [1.82, 2.24) is 9.97 Å². The maximum atomic E-state index is 5.12. The Balaban J connectivity index is 2.11. The average molecular weight is 258 g/mol. The predicted octanol–water partition coefficient (Wildman–Crippen LogP) is 2.80. The molecule has 0 aliphatic carbocycles. The van der Waals surface area contributed by atoms with Crippen molar-refractivity contribution < 1.29 is 4.74 Å². The number of hydrogen-bond donors (Lipinski definition) is 2. The normalized spacial score (nSPS) is 10.2. The predicted molar refractivity (Wildman–Crippen MR) is 76.6 cm³/mol. The van der Waals surface area contributed by atoms with Crippen LogP contribution in [0.15, 0.2) is 36.5 Å². The molecule has 0 unspecified atom stereocenters. The van der Waals surface area contributed by atoms with E-state index in [1.165, 1.54) is 0 Å². The van der Waals surface area contributed by atoms with Crippen LogP contribution in [0.4, 0.5) is 17.5 Å². The molecule has 100 valence electrons. The summed E-state index contributed by atoms with van der Waals surface area (Å²) in [6.45, 7) is 3.41. The molecule has 19 heavy (non-hydrogen) atoms. The SMILES string of the molecule is CCNc1nccc(Nc2cccc(COC)c2)n1. The molecule has 2 rings (SSSR count). The summed E-state index contributed by atoms with van der Waals surface area (Å²) in [5, 5.41) is 6.34. The summed E-state index contributed by atoms with van der Waals surface area (Å²) in [6, 6.07) is 9.89. The maximum absolute atomic E-state index is 5.12. The summed E-state index contributed by atoms with van der Waals surface area (Å²) in [4.78, 5) is 8.50. The monoisotopic (exact) mass is 258 g/mol. The topological polar surface area (TPSA) is 59.1 Å². The van der Waals surface area contributed by atoms with E-state index < -0.39 is 0 Å². The molecule has 0 aliphatic rings. The third kappa shape index (κ3) is 3.93. The summed E-state index contributed by atoms with van der Waals surface area (Å²) in [6.07, 6.45) is 1.73. The standard InChI is InChI=1S/C14H18N4O/c1-3-15-14-16-8-7-13(18-14)17-12-6-4-5-11(9-12)10-19-2/h4-9H,3,10H2,1-2H3,(H2,15,16,17,18). The van der Waals surface area contributed by atoms with Gasteiger partial charge < -0.3 is 15.4 Å². The Labute approximate surface area is 113 Å². The molecule has 0 saturated heterocycles. The summed E-state index contributed by atoms with van der Waals surface area (Å²) in [5.74, 6) is 1.39. The van der Waals surface area contributed by atoms with E-state index in [1.54, 1.807) is 13.3 Å². The van der Waals surface area contributed by atoms with Crippen LogP contribution in [0, 0.1) is 0 Å². The van der Waals surface area contributed by atoms with Crippen molar-refractivity contribution in [2.75, 3.05) is 24.3 Å². The third-order valence-corrected chi connectivity index (χ3v) is 2.50. The van der Waals surface area contributed by atoms with E-state index in [0.717, 1.165) is 23.6 Å². The first-order chi connectivity index (χ1) is 9.31. The van der Waals surface area contributed by atoms with Gasteiger partial charge in [0, 0.05) is 25.5 Å². The molecule has 0 saturated carbocycles. The number of rotatable bonds is 6. The number of methoxy groups -OCH3 is 1. The molecule has 0 aliphatic heterocycles. The van der Waals surface area contributed by atoms with Crippen molar-refractivity contribution in [1.29, 1.82) is 0 Å². The number of ether oxygens (including phenoxy) is 1. The van der Waals surface area contributed by atoms with Gasteiger partial charge in [-0.25, -0.2) is 4.98 Å². The molecular formula is C14H18N4O. The highest BCUT2D eigenvalue weighted by Crippen LogP contribution is 2.17. The van der Waals surface area contributed by atoms with Gasteiger partial charge in [0.1, 0.15) is 5.82 Å². The molecule has 0 radical (unpaired) electrons. The van der Waals surface area contributed by atoms with Crippen molar-refractivity contribution in [3.05, 3.63) is 42.1 Å². The zero-order chi connectivity index (χ0) is 13.5. The lowest BCUT2D eigenvalue weighted by Gasteiger charge is -2.08. The van der Waals surface area contributed by atoms with Crippen LogP contribution in [-0.2, 0) is 11.3 Å². The van der Waals surface area contributed by atoms with Crippen molar-refractivity contribution >= 4 is 17.5 Å². The zero-order valence-electron chi connectivity index (χ0n) is 11.2. The molecule has 0 atom stereocenters. The third-order valence-electron chi connectivity index (χ3n) is 2.50. The van der Waals surface area contributed by atoms with Gasteiger partial charge in [0.05, 0.1) is 6.61 Å². The summed E-state index contributed by atoms with van der Waals surface area (Å²) in [5.41, 5.74) is 2.10. The van der Waals surface area contributed by atoms with Crippen LogP contribution in [-0.4, -0.2) is 23.6 Å². The molecule has 1 heterocycles. The molecule has 2 N–H and O–H groups in total. The van der Waals surface area contributed by atoms with Crippen LogP contribution in [0.2, 0.25) is 0 Å². The van der Waals surface area contributed by atoms with Crippen LogP contribution in [0.5, 0.6) is 0 Å². The van der Waals surface area contributed by atoms with Crippen molar-refractivity contribution in [3.63, 3.8) is 0 Å². The number of hydrogen-bond acceptors (Lipinski definition) is 5. The first-order valence-corrected chi connectivity index (χ1v) is 6.23. The second-order valence-electron chi connectivity index (χ2n) is 4.05. The molecular weight excluding hydrogens is 240 g/mol. The second-order valence-corrected chi connectivity index (χ2v) is 4.05. The van der Waals surface area contributed by atoms with Crippen LogP contribution in [0.3, 0.4) is 0 Å². The van der Waals surface area contributed by atoms with E-state index in [-0.39, 0.29) is 0 Å². The van der Waals surface area contributed by atoms with E-state index in [2.05, 4.69) is 20.6 Å². The Morgan fingerprint density at radius 3 is 2.95 bits per heavy atom. The fourth-order valence-electron chi connectivity index (χ4n) is 1.73. The van der Waals surface area contributed by atoms with Gasteiger partial charge in [-0.15, -0.1) is 0 Å². The lowest BCUT2D eigenvalue weighted by molar-refractivity contribution is 0.185. The Morgan fingerprint density at radius 2 is 2.16 bits per heavy atom. The van der Waals surface area contributed by atoms with E-state index in [1.807, 2.05) is 37.3 Å². The highest BCUT2D eigenvalue weighted by molar-refractivity contribution is 5.57. The Bertz CT molecular complexity index is 483. The zero-order valence-corrected chi connectivity index (χ0v) is 11.2. The first kappa shape index (κ1) is 13.3. The smallest absolute Gasteiger partial charge is 0.224 e. The Kier molecular flexibility index (Phi) is 4.69. The summed E-state index contributed by atoms with van der Waals surface area (Å²) < 4.78 is 5.12. The Hall–Kier alpha value is -2.14. The van der Waals surface area contributed by atoms with Gasteiger partial charge in [0.2, 0.25) is 5.95 Å². The van der Waals surface area contributed by atoms with E-state index in [4.69, 9.17) is 4.74 Å². The molecule has 0 spiro atoms. The molecule has 5 nitrogen and oxygen atoms in total. The van der Waals surface area contributed by atoms with Crippen molar-refractivity contribution in [3.8, 4) is 0 Å². The van der Waals surface area contributed by atoms with Gasteiger partial charge in [-0.05, 0) is 30.7 Å². The Morgan fingerprint density at radius 1 is 1.26 bits per heavy atom. The van der Waals surface area contributed by atoms with Gasteiger partial charge in [-0.3, -0.25) is 0 Å². The van der Waals surface area contributed by atoms with E-state index in [0.29, 0.717) is 12.6 Å². The number of nitrogens with zero attached hydrogens (tertiary/aromatic N) is 2. The van der Waals surface area contributed by atoms with Crippen LogP contribution in [0.1, 0.15) is 12.5 Å². The minimum atomic E-state index is 0.599. The fourth-order valence-corrected chi connectivity index (χ4v) is 1.73. The highest BCUT2D eigenvalue weighted by Gasteiger charge is 2.00. The molecule has 2 aromatic rings. The number of anilines is 3. The van der Waals surface area contributed by atoms with E-state index in [9.17, 15) is 0 Å². The lowest BCUT2D eigenvalue weighted by Crippen LogP contribution is -2.03. The van der Waals surface area contributed by atoms with Gasteiger partial charge in [0.25, 0.3) is 0 Å². The number of benzene rings is 1. The lowest BCUT2D eigenvalue weighted by atomic mass is 10.2. The largest absolute Gasteiger partial charge is 0.380 e. The van der Waals surface area contributed by atoms with Crippen molar-refractivity contribution in [2.45, 2.75) is 13.5 Å². The van der Waals surface area contributed by atoms with Crippen LogP contribution < -0.4 is 10.6 Å². The summed E-state index contributed by atoms with van der Waals surface area (Å²) in [7, 11) is 1.69. The maximum Gasteiger partial charge on any atom is 0.224 e. The first-order valence-electron chi connectivity index (χ1n) is 6.23.